The van der Waals surface area contributed by atoms with Gasteiger partial charge in [0.25, 0.3) is 0 Å². The van der Waals surface area contributed by atoms with Gasteiger partial charge < -0.3 is 9.80 Å². The number of alkyl halides is 6. The Hall–Kier alpha value is -1.08. The van der Waals surface area contributed by atoms with Gasteiger partial charge in [-0.15, -0.1) is 0 Å². The van der Waals surface area contributed by atoms with Crippen LogP contribution in [0.25, 0.3) is 0 Å². The lowest BCUT2D eigenvalue weighted by atomic mass is 10.1. The quantitative estimate of drug-likeness (QED) is 0.549. The zero-order valence-corrected chi connectivity index (χ0v) is 8.49. The maximum atomic E-state index is 13.5. The summed E-state index contributed by atoms with van der Waals surface area (Å²) in [5.41, 5.74) is -2.38. The molecule has 0 N–H and O–H groups in total. The lowest BCUT2D eigenvalue weighted by Crippen LogP contribution is -2.50. The van der Waals surface area contributed by atoms with E-state index in [-0.39, 0.29) is 26.2 Å². The van der Waals surface area contributed by atoms with E-state index in [1.807, 2.05) is 0 Å². The van der Waals surface area contributed by atoms with Crippen LogP contribution < -0.4 is 0 Å². The molecule has 2 saturated heterocycles. The van der Waals surface area contributed by atoms with Crippen LogP contribution in [-0.4, -0.2) is 53.7 Å². The first-order valence-corrected chi connectivity index (χ1v) is 5.10. The van der Waals surface area contributed by atoms with E-state index in [2.05, 4.69) is 0 Å². The highest BCUT2D eigenvalue weighted by Gasteiger charge is 2.82. The van der Waals surface area contributed by atoms with Crippen LogP contribution in [-0.2, 0) is 0 Å². The zero-order chi connectivity index (χ0) is 12.6. The van der Waals surface area contributed by atoms with Crippen LogP contribution in [0.3, 0.4) is 0 Å². The van der Waals surface area contributed by atoms with Crippen LogP contribution in [0.15, 0.2) is 11.4 Å². The molecule has 96 valence electrons. The summed E-state index contributed by atoms with van der Waals surface area (Å²) in [5, 5.41) is 0. The average Bonchev–Trinajstić information content (AvgIpc) is 3.02. The van der Waals surface area contributed by atoms with Gasteiger partial charge in [-0.2, -0.15) is 26.3 Å². The number of nitrogens with zero attached hydrogens (tertiary/aromatic N) is 2. The van der Waals surface area contributed by atoms with Crippen LogP contribution in [0.5, 0.6) is 0 Å². The molecule has 3 rings (SSSR count). The Balaban J connectivity index is 2.18. The Kier molecular flexibility index (Phi) is 1.73. The molecule has 0 unspecified atom stereocenters. The molecule has 0 radical (unpaired) electrons. The third-order valence-corrected chi connectivity index (χ3v) is 3.13. The molecule has 3 aliphatic rings. The Labute approximate surface area is 92.5 Å². The van der Waals surface area contributed by atoms with Crippen LogP contribution in [0, 0.1) is 0 Å². The monoisotopic (exact) mass is 258 g/mol. The lowest BCUT2D eigenvalue weighted by molar-refractivity contribution is -0.269. The highest BCUT2D eigenvalue weighted by molar-refractivity contribution is 5.42. The molecule has 0 spiro atoms. The second-order valence-electron chi connectivity index (χ2n) is 4.39. The Morgan fingerprint density at radius 1 is 0.647 bits per heavy atom. The van der Waals surface area contributed by atoms with Crippen molar-refractivity contribution in [1.82, 2.24) is 9.80 Å². The van der Waals surface area contributed by atoms with Crippen molar-refractivity contribution in [2.75, 3.05) is 26.2 Å². The minimum atomic E-state index is -5.35. The minimum Gasteiger partial charge on any atom is -0.365 e. The Morgan fingerprint density at radius 2 is 0.941 bits per heavy atom. The van der Waals surface area contributed by atoms with E-state index < -0.39 is 29.2 Å². The molecule has 0 saturated carbocycles. The summed E-state index contributed by atoms with van der Waals surface area (Å²) in [4.78, 5) is 1.75. The van der Waals surface area contributed by atoms with Crippen molar-refractivity contribution in [3.8, 4) is 0 Å². The first-order valence-electron chi connectivity index (χ1n) is 5.10. The van der Waals surface area contributed by atoms with Gasteiger partial charge in [0.2, 0.25) is 0 Å². The van der Waals surface area contributed by atoms with E-state index in [0.717, 1.165) is 9.80 Å². The SMILES string of the molecule is FC1(F)C(N2CC2)=C(N2CC2)C(F)(F)C1(F)F. The number of hydrogen-bond donors (Lipinski definition) is 0. The summed E-state index contributed by atoms with van der Waals surface area (Å²) >= 11 is 0. The van der Waals surface area contributed by atoms with Gasteiger partial charge in [-0.1, -0.05) is 0 Å². The molecule has 2 heterocycles. The molecule has 0 aromatic rings. The van der Waals surface area contributed by atoms with Gasteiger partial charge in [-0.3, -0.25) is 0 Å². The topological polar surface area (TPSA) is 6.02 Å². The Bertz CT molecular complexity index is 372. The zero-order valence-electron chi connectivity index (χ0n) is 8.49. The number of halogens is 6. The van der Waals surface area contributed by atoms with Gasteiger partial charge >= 0.3 is 17.8 Å². The van der Waals surface area contributed by atoms with Gasteiger partial charge in [0, 0.05) is 26.2 Å². The second-order valence-corrected chi connectivity index (χ2v) is 4.39. The molecule has 2 aliphatic heterocycles. The maximum absolute atomic E-state index is 13.5. The van der Waals surface area contributed by atoms with E-state index >= 15 is 0 Å². The summed E-state index contributed by atoms with van der Waals surface area (Å²) < 4.78 is 80.2. The minimum absolute atomic E-state index is 0.119. The van der Waals surface area contributed by atoms with Gasteiger partial charge in [-0.25, -0.2) is 0 Å². The molecule has 1 aliphatic carbocycles. The average molecular weight is 258 g/mol. The van der Waals surface area contributed by atoms with Crippen LogP contribution in [0.1, 0.15) is 0 Å². The molecule has 2 fully saturated rings. The summed E-state index contributed by atoms with van der Waals surface area (Å²) in [6, 6.07) is 0. The van der Waals surface area contributed by atoms with E-state index in [9.17, 15) is 26.3 Å². The first kappa shape index (κ1) is 11.0. The molecule has 0 aromatic heterocycles. The summed E-state index contributed by atoms with van der Waals surface area (Å²) in [5.74, 6) is -15.0. The molecular weight excluding hydrogens is 250 g/mol. The third kappa shape index (κ3) is 1.13. The van der Waals surface area contributed by atoms with E-state index in [1.54, 1.807) is 0 Å². The fourth-order valence-electron chi connectivity index (χ4n) is 2.04. The van der Waals surface area contributed by atoms with Crippen molar-refractivity contribution in [3.63, 3.8) is 0 Å². The molecule has 0 amide bonds. The standard InChI is InChI=1S/C9H8F6N2/c10-7(11)5(16-1-2-16)6(17-3-4-17)8(12,13)9(7,14)15/h1-4H2. The van der Waals surface area contributed by atoms with Gasteiger partial charge in [0.05, 0.1) is 0 Å². The van der Waals surface area contributed by atoms with Crippen molar-refractivity contribution >= 4 is 0 Å². The molecule has 0 aromatic carbocycles. The number of hydrogen-bond acceptors (Lipinski definition) is 2. The van der Waals surface area contributed by atoms with E-state index in [1.165, 1.54) is 0 Å². The molecular formula is C9H8F6N2. The predicted octanol–water partition coefficient (Wildman–Crippen LogP) is 1.75. The number of allylic oxidation sites excluding steroid dienone is 2. The van der Waals surface area contributed by atoms with Crippen molar-refractivity contribution < 1.29 is 26.3 Å². The molecule has 2 nitrogen and oxygen atoms in total. The van der Waals surface area contributed by atoms with E-state index in [4.69, 9.17) is 0 Å². The van der Waals surface area contributed by atoms with Gasteiger partial charge in [-0.05, 0) is 0 Å². The fourth-order valence-corrected chi connectivity index (χ4v) is 2.04. The summed E-state index contributed by atoms with van der Waals surface area (Å²) in [7, 11) is 0. The largest absolute Gasteiger partial charge is 0.383 e. The summed E-state index contributed by atoms with van der Waals surface area (Å²) in [6.45, 7) is 0.478. The molecule has 17 heavy (non-hydrogen) atoms. The number of rotatable bonds is 2. The summed E-state index contributed by atoms with van der Waals surface area (Å²) in [6.07, 6.45) is 0. The normalized spacial score (nSPS) is 32.1. The second kappa shape index (κ2) is 2.67. The highest BCUT2D eigenvalue weighted by atomic mass is 19.3. The van der Waals surface area contributed by atoms with Crippen LogP contribution in [0.4, 0.5) is 26.3 Å². The van der Waals surface area contributed by atoms with Crippen molar-refractivity contribution in [2.24, 2.45) is 0 Å². The Morgan fingerprint density at radius 3 is 1.18 bits per heavy atom. The van der Waals surface area contributed by atoms with Gasteiger partial charge in [0.15, 0.2) is 0 Å². The molecule has 8 heteroatoms. The predicted molar refractivity (Wildman–Crippen MR) is 45.0 cm³/mol. The maximum Gasteiger partial charge on any atom is 0.383 e. The molecule has 0 atom stereocenters. The smallest absolute Gasteiger partial charge is 0.365 e. The van der Waals surface area contributed by atoms with Crippen molar-refractivity contribution in [1.29, 1.82) is 0 Å². The molecule has 0 bridgehead atoms. The van der Waals surface area contributed by atoms with Crippen LogP contribution in [0.2, 0.25) is 0 Å². The fraction of sp³-hybridized carbons (Fsp3) is 0.778. The van der Waals surface area contributed by atoms with Gasteiger partial charge in [0.1, 0.15) is 11.4 Å². The highest BCUT2D eigenvalue weighted by Crippen LogP contribution is 2.61. The van der Waals surface area contributed by atoms with E-state index in [0.29, 0.717) is 0 Å². The lowest BCUT2D eigenvalue weighted by Gasteiger charge is -2.25. The third-order valence-electron chi connectivity index (χ3n) is 3.13. The van der Waals surface area contributed by atoms with Crippen molar-refractivity contribution in [2.45, 2.75) is 17.8 Å². The first-order chi connectivity index (χ1) is 7.71. The van der Waals surface area contributed by atoms with Crippen LogP contribution >= 0.6 is 0 Å². The van der Waals surface area contributed by atoms with Crippen molar-refractivity contribution in [3.05, 3.63) is 11.4 Å².